The van der Waals surface area contributed by atoms with Crippen molar-refractivity contribution in [1.82, 2.24) is 34.7 Å². The number of ether oxygens (including phenoxy) is 1. The van der Waals surface area contributed by atoms with Crippen LogP contribution in [0.25, 0.3) is 5.65 Å². The molecule has 1 saturated heterocycles. The van der Waals surface area contributed by atoms with Crippen LogP contribution in [0, 0.1) is 0 Å². The molecule has 1 aliphatic rings. The van der Waals surface area contributed by atoms with Crippen molar-refractivity contribution < 1.29 is 9.53 Å². The lowest BCUT2D eigenvalue weighted by atomic mass is 10.1. The molecule has 23 heavy (non-hydrogen) atoms. The summed E-state index contributed by atoms with van der Waals surface area (Å²) in [6.45, 7) is 1.46. The number of rotatable bonds is 2. The Morgan fingerprint density at radius 2 is 2.30 bits per heavy atom. The lowest BCUT2D eigenvalue weighted by molar-refractivity contribution is -0.00484. The van der Waals surface area contributed by atoms with Crippen LogP contribution in [0.2, 0.25) is 0 Å². The molecule has 9 heteroatoms. The number of aryl methyl sites for hydroxylation is 1. The number of fused-ring (bicyclic) bond motifs is 1. The van der Waals surface area contributed by atoms with E-state index in [1.807, 2.05) is 13.1 Å². The molecule has 4 rings (SSSR count). The molecule has 0 aromatic carbocycles. The van der Waals surface area contributed by atoms with Crippen LogP contribution in [0.1, 0.15) is 22.1 Å². The van der Waals surface area contributed by atoms with E-state index in [1.54, 1.807) is 34.1 Å². The highest BCUT2D eigenvalue weighted by atomic mass is 16.5. The van der Waals surface area contributed by atoms with Gasteiger partial charge in [0.1, 0.15) is 0 Å². The van der Waals surface area contributed by atoms with Gasteiger partial charge in [-0.2, -0.15) is 9.61 Å². The van der Waals surface area contributed by atoms with E-state index in [9.17, 15) is 4.79 Å². The number of aromatic nitrogens is 6. The molecule has 1 fully saturated rings. The van der Waals surface area contributed by atoms with Gasteiger partial charge in [-0.3, -0.25) is 9.48 Å². The number of tetrazole rings is 1. The van der Waals surface area contributed by atoms with Crippen molar-refractivity contribution in [2.45, 2.75) is 6.04 Å². The molecule has 0 saturated carbocycles. The highest BCUT2D eigenvalue weighted by Gasteiger charge is 2.32. The molecule has 1 amide bonds. The van der Waals surface area contributed by atoms with Gasteiger partial charge in [0.2, 0.25) is 0 Å². The Labute approximate surface area is 131 Å². The first-order valence-electron chi connectivity index (χ1n) is 7.29. The Bertz CT molecular complexity index is 856. The SMILES string of the molecule is Cn1nccc1C1COCCN1C(=O)c1cccn2nnnc12. The van der Waals surface area contributed by atoms with Crippen molar-refractivity contribution in [3.05, 3.63) is 41.9 Å². The first-order chi connectivity index (χ1) is 11.3. The number of carbonyl (C=O) groups is 1. The summed E-state index contributed by atoms with van der Waals surface area (Å²) < 4.78 is 8.82. The topological polar surface area (TPSA) is 90.4 Å². The van der Waals surface area contributed by atoms with Gasteiger partial charge in [0, 0.05) is 26.0 Å². The van der Waals surface area contributed by atoms with Crippen LogP contribution >= 0.6 is 0 Å². The van der Waals surface area contributed by atoms with Crippen LogP contribution < -0.4 is 0 Å². The summed E-state index contributed by atoms with van der Waals surface area (Å²) in [5.74, 6) is -0.111. The van der Waals surface area contributed by atoms with Crippen LogP contribution in [0.3, 0.4) is 0 Å². The number of morpholine rings is 1. The molecule has 4 heterocycles. The van der Waals surface area contributed by atoms with Crippen LogP contribution in [0.5, 0.6) is 0 Å². The minimum atomic E-state index is -0.181. The van der Waals surface area contributed by atoms with E-state index < -0.39 is 0 Å². The fraction of sp³-hybridized carbons (Fsp3) is 0.357. The molecule has 9 nitrogen and oxygen atoms in total. The lowest BCUT2D eigenvalue weighted by Crippen LogP contribution is -2.44. The zero-order valence-electron chi connectivity index (χ0n) is 12.5. The predicted molar refractivity (Wildman–Crippen MR) is 78.6 cm³/mol. The Kier molecular flexibility index (Phi) is 3.27. The molecule has 3 aromatic heterocycles. The molecular weight excluding hydrogens is 298 g/mol. The van der Waals surface area contributed by atoms with E-state index in [0.717, 1.165) is 5.69 Å². The second kappa shape index (κ2) is 5.43. The Morgan fingerprint density at radius 1 is 1.39 bits per heavy atom. The molecular formula is C14H15N7O2. The third kappa shape index (κ3) is 2.25. The Morgan fingerprint density at radius 3 is 3.13 bits per heavy atom. The van der Waals surface area contributed by atoms with Gasteiger partial charge in [0.05, 0.1) is 30.5 Å². The minimum Gasteiger partial charge on any atom is -0.377 e. The van der Waals surface area contributed by atoms with Crippen molar-refractivity contribution >= 4 is 11.6 Å². The smallest absolute Gasteiger partial charge is 0.258 e. The van der Waals surface area contributed by atoms with Gasteiger partial charge in [-0.1, -0.05) is 0 Å². The van der Waals surface area contributed by atoms with Crippen LogP contribution in [0.15, 0.2) is 30.6 Å². The Balaban J connectivity index is 1.73. The molecule has 0 spiro atoms. The predicted octanol–water partition coefficient (Wildman–Crippen LogP) is 0.0715. The maximum atomic E-state index is 13.1. The summed E-state index contributed by atoms with van der Waals surface area (Å²) in [5.41, 5.74) is 1.86. The highest BCUT2D eigenvalue weighted by Crippen LogP contribution is 2.26. The van der Waals surface area contributed by atoms with Crippen molar-refractivity contribution in [2.75, 3.05) is 19.8 Å². The van der Waals surface area contributed by atoms with E-state index in [4.69, 9.17) is 4.74 Å². The van der Waals surface area contributed by atoms with Gasteiger partial charge < -0.3 is 9.64 Å². The largest absolute Gasteiger partial charge is 0.377 e. The number of hydrogen-bond donors (Lipinski definition) is 0. The quantitative estimate of drug-likeness (QED) is 0.665. The maximum Gasteiger partial charge on any atom is 0.258 e. The average Bonchev–Trinajstić information content (AvgIpc) is 3.22. The summed E-state index contributed by atoms with van der Waals surface area (Å²) in [4.78, 5) is 14.9. The molecule has 3 aromatic rings. The fourth-order valence-corrected chi connectivity index (χ4v) is 2.89. The number of pyridine rings is 1. The van der Waals surface area contributed by atoms with Crippen molar-refractivity contribution in [3.8, 4) is 0 Å². The third-order valence-electron chi connectivity index (χ3n) is 4.04. The summed E-state index contributed by atoms with van der Waals surface area (Å²) in [7, 11) is 1.86. The molecule has 118 valence electrons. The van der Waals surface area contributed by atoms with E-state index in [-0.39, 0.29) is 11.9 Å². The first kappa shape index (κ1) is 13.8. The monoisotopic (exact) mass is 313 g/mol. The van der Waals surface area contributed by atoms with Crippen molar-refractivity contribution in [3.63, 3.8) is 0 Å². The summed E-state index contributed by atoms with van der Waals surface area (Å²) in [6, 6.07) is 5.22. The van der Waals surface area contributed by atoms with Crippen LogP contribution in [0.4, 0.5) is 0 Å². The minimum absolute atomic E-state index is 0.111. The van der Waals surface area contributed by atoms with Crippen LogP contribution in [-0.4, -0.2) is 60.4 Å². The highest BCUT2D eigenvalue weighted by molar-refractivity contribution is 5.99. The van der Waals surface area contributed by atoms with E-state index in [0.29, 0.717) is 31.0 Å². The van der Waals surface area contributed by atoms with Crippen molar-refractivity contribution in [2.24, 2.45) is 7.05 Å². The standard InChI is InChI=1S/C14H15N7O2/c1-19-11(4-5-15-19)12-9-23-8-7-20(12)14(22)10-3-2-6-21-13(10)16-17-18-21/h2-6,12H,7-9H2,1H3. The first-order valence-corrected chi connectivity index (χ1v) is 7.29. The van der Waals surface area contributed by atoms with E-state index >= 15 is 0 Å². The van der Waals surface area contributed by atoms with Gasteiger partial charge in [-0.25, -0.2) is 0 Å². The van der Waals surface area contributed by atoms with Crippen molar-refractivity contribution in [1.29, 1.82) is 0 Å². The van der Waals surface area contributed by atoms with Gasteiger partial charge >= 0.3 is 0 Å². The second-order valence-corrected chi connectivity index (χ2v) is 5.34. The summed E-state index contributed by atoms with van der Waals surface area (Å²) in [5, 5.41) is 15.6. The van der Waals surface area contributed by atoms with Gasteiger partial charge in [0.25, 0.3) is 5.91 Å². The molecule has 0 bridgehead atoms. The molecule has 0 radical (unpaired) electrons. The zero-order chi connectivity index (χ0) is 15.8. The molecule has 0 aliphatic carbocycles. The molecule has 1 atom stereocenters. The third-order valence-corrected chi connectivity index (χ3v) is 4.04. The number of nitrogens with zero attached hydrogens (tertiary/aromatic N) is 7. The lowest BCUT2D eigenvalue weighted by Gasteiger charge is -2.35. The normalized spacial score (nSPS) is 18.5. The van der Waals surface area contributed by atoms with Crippen LogP contribution in [-0.2, 0) is 11.8 Å². The fourth-order valence-electron chi connectivity index (χ4n) is 2.89. The summed E-state index contributed by atoms with van der Waals surface area (Å²) >= 11 is 0. The number of amides is 1. The van der Waals surface area contributed by atoms with Gasteiger partial charge in [-0.15, -0.1) is 5.10 Å². The molecule has 0 N–H and O–H groups in total. The number of carbonyl (C=O) groups excluding carboxylic acids is 1. The van der Waals surface area contributed by atoms with E-state index in [2.05, 4.69) is 20.6 Å². The zero-order valence-corrected chi connectivity index (χ0v) is 12.5. The maximum absolute atomic E-state index is 13.1. The second-order valence-electron chi connectivity index (χ2n) is 5.34. The Hall–Kier alpha value is -2.81. The average molecular weight is 313 g/mol. The summed E-state index contributed by atoms with van der Waals surface area (Å²) in [6.07, 6.45) is 3.43. The van der Waals surface area contributed by atoms with E-state index in [1.165, 1.54) is 4.52 Å². The molecule has 1 unspecified atom stereocenters. The number of hydrogen-bond acceptors (Lipinski definition) is 6. The molecule has 1 aliphatic heterocycles. The van der Waals surface area contributed by atoms with Gasteiger partial charge in [0.15, 0.2) is 5.65 Å². The van der Waals surface area contributed by atoms with Gasteiger partial charge in [-0.05, 0) is 28.6 Å².